The van der Waals surface area contributed by atoms with Gasteiger partial charge in [-0.15, -0.1) is 0 Å². The molecule has 0 N–H and O–H groups in total. The number of hydrogen-bond donors (Lipinski definition) is 0. The number of anilines is 3. The van der Waals surface area contributed by atoms with Gasteiger partial charge in [-0.05, 0) is 91.6 Å². The molecule has 0 fully saturated rings. The minimum absolute atomic E-state index is 0.870. The maximum Gasteiger partial charge on any atom is 0.143 e. The molecule has 0 radical (unpaired) electrons. The molecule has 0 amide bonds. The van der Waals surface area contributed by atoms with Gasteiger partial charge in [-0.3, -0.25) is 0 Å². The Morgan fingerprint density at radius 1 is 0.360 bits per heavy atom. The van der Waals surface area contributed by atoms with E-state index in [0.29, 0.717) is 0 Å². The fourth-order valence-electron chi connectivity index (χ4n) is 7.68. The van der Waals surface area contributed by atoms with Crippen molar-refractivity contribution in [3.8, 4) is 22.3 Å². The minimum atomic E-state index is 0.870. The zero-order chi connectivity index (χ0) is 33.0. The summed E-state index contributed by atoms with van der Waals surface area (Å²) in [5.74, 6) is 0. The van der Waals surface area contributed by atoms with Gasteiger partial charge in [-0.1, -0.05) is 146 Å². The Hall–Kier alpha value is -6.64. The Labute approximate surface area is 290 Å². The molecule has 10 rings (SSSR count). The summed E-state index contributed by atoms with van der Waals surface area (Å²) in [5, 5.41) is 9.42. The second-order valence-corrected chi connectivity index (χ2v) is 12.9. The minimum Gasteiger partial charge on any atom is -0.455 e. The van der Waals surface area contributed by atoms with E-state index in [2.05, 4.69) is 193 Å². The van der Waals surface area contributed by atoms with Crippen LogP contribution in [0.5, 0.6) is 0 Å². The van der Waals surface area contributed by atoms with Crippen molar-refractivity contribution in [1.29, 1.82) is 0 Å². The average Bonchev–Trinajstić information content (AvgIpc) is 3.59. The van der Waals surface area contributed by atoms with Crippen molar-refractivity contribution in [2.24, 2.45) is 0 Å². The Bertz CT molecular complexity index is 2870. The molecule has 9 aromatic carbocycles. The summed E-state index contributed by atoms with van der Waals surface area (Å²) in [7, 11) is 0. The van der Waals surface area contributed by atoms with Crippen molar-refractivity contribution in [2.75, 3.05) is 4.90 Å². The molecule has 0 aliphatic carbocycles. The highest BCUT2D eigenvalue weighted by Crippen LogP contribution is 2.46. The van der Waals surface area contributed by atoms with Gasteiger partial charge in [0, 0.05) is 22.1 Å². The van der Waals surface area contributed by atoms with Crippen LogP contribution in [0.25, 0.3) is 76.5 Å². The molecule has 1 heterocycles. The summed E-state index contributed by atoms with van der Waals surface area (Å²) in [6, 6.07) is 67.5. The maximum absolute atomic E-state index is 6.70. The Morgan fingerprint density at radius 3 is 1.72 bits per heavy atom. The quantitative estimate of drug-likeness (QED) is 0.175. The molecule has 50 heavy (non-hydrogen) atoms. The van der Waals surface area contributed by atoms with Crippen LogP contribution in [0.2, 0.25) is 0 Å². The first-order chi connectivity index (χ1) is 24.8. The summed E-state index contributed by atoms with van der Waals surface area (Å²) in [6.07, 6.45) is 0. The molecule has 1 aromatic heterocycles. The molecule has 2 nitrogen and oxygen atoms in total. The van der Waals surface area contributed by atoms with Gasteiger partial charge in [-0.2, -0.15) is 0 Å². The first kappa shape index (κ1) is 28.4. The predicted molar refractivity (Wildman–Crippen MR) is 212 cm³/mol. The molecule has 2 heteroatoms. The highest BCUT2D eigenvalue weighted by molar-refractivity contribution is 6.20. The van der Waals surface area contributed by atoms with E-state index in [4.69, 9.17) is 4.42 Å². The van der Waals surface area contributed by atoms with Crippen LogP contribution >= 0.6 is 0 Å². The second-order valence-electron chi connectivity index (χ2n) is 12.9. The van der Waals surface area contributed by atoms with Crippen molar-refractivity contribution in [3.05, 3.63) is 188 Å². The van der Waals surface area contributed by atoms with Crippen molar-refractivity contribution in [2.45, 2.75) is 0 Å². The van der Waals surface area contributed by atoms with Crippen molar-refractivity contribution in [3.63, 3.8) is 0 Å². The number of rotatable bonds is 5. The molecule has 0 saturated carbocycles. The zero-order valence-electron chi connectivity index (χ0n) is 27.3. The van der Waals surface area contributed by atoms with Crippen LogP contribution in [0.4, 0.5) is 17.1 Å². The van der Waals surface area contributed by atoms with Crippen LogP contribution in [0.1, 0.15) is 0 Å². The van der Waals surface area contributed by atoms with Crippen LogP contribution in [0.3, 0.4) is 0 Å². The van der Waals surface area contributed by atoms with Crippen LogP contribution in [-0.2, 0) is 0 Å². The normalized spacial score (nSPS) is 11.6. The lowest BCUT2D eigenvalue weighted by atomic mass is 9.93. The van der Waals surface area contributed by atoms with Gasteiger partial charge in [0.2, 0.25) is 0 Å². The zero-order valence-corrected chi connectivity index (χ0v) is 27.3. The van der Waals surface area contributed by atoms with Crippen LogP contribution in [0, 0.1) is 0 Å². The van der Waals surface area contributed by atoms with Crippen LogP contribution in [0.15, 0.2) is 192 Å². The third-order valence-electron chi connectivity index (χ3n) is 10.0. The number of fused-ring (bicyclic) bond motifs is 8. The molecular weight excluding hydrogens is 607 g/mol. The summed E-state index contributed by atoms with van der Waals surface area (Å²) in [5.41, 5.74) is 9.77. The predicted octanol–water partition coefficient (Wildman–Crippen LogP) is 13.8. The third-order valence-corrected chi connectivity index (χ3v) is 10.0. The van der Waals surface area contributed by atoms with E-state index in [-0.39, 0.29) is 0 Å². The second kappa shape index (κ2) is 11.5. The SMILES string of the molecule is c1ccc(-c2ccc(N(c3ccc4ccc5ccccc5c4c3)c3cccc4oc5c6ccccc6ccc5c34)cc2-c2ccccc2)cc1. The van der Waals surface area contributed by atoms with E-state index in [9.17, 15) is 0 Å². The first-order valence-corrected chi connectivity index (χ1v) is 17.1. The fraction of sp³-hybridized carbons (Fsp3) is 0. The van der Waals surface area contributed by atoms with Crippen molar-refractivity contribution >= 4 is 71.3 Å². The summed E-state index contributed by atoms with van der Waals surface area (Å²) < 4.78 is 6.70. The maximum atomic E-state index is 6.70. The van der Waals surface area contributed by atoms with Gasteiger partial charge < -0.3 is 9.32 Å². The molecule has 0 aliphatic rings. The lowest BCUT2D eigenvalue weighted by Crippen LogP contribution is -2.10. The largest absolute Gasteiger partial charge is 0.455 e. The highest BCUT2D eigenvalue weighted by atomic mass is 16.3. The molecule has 0 bridgehead atoms. The number of furan rings is 1. The number of nitrogens with zero attached hydrogens (tertiary/aromatic N) is 1. The topological polar surface area (TPSA) is 16.4 Å². The standard InChI is InChI=1S/C48H31NO/c1-3-12-32(13-4-1)40-29-27-38(31-43(40)33-14-5-2-6-15-33)49(37-26-24-36-23-22-34-16-7-9-18-39(34)44(36)30-37)45-20-11-21-46-47(45)42-28-25-35-17-8-10-19-41(35)48(42)50-46/h1-31H. The van der Waals surface area contributed by atoms with Gasteiger partial charge in [0.15, 0.2) is 0 Å². The number of benzene rings is 9. The third kappa shape index (κ3) is 4.57. The van der Waals surface area contributed by atoms with E-state index in [0.717, 1.165) is 44.4 Å². The average molecular weight is 638 g/mol. The molecule has 0 aliphatic heterocycles. The summed E-state index contributed by atoms with van der Waals surface area (Å²) >= 11 is 0. The molecule has 234 valence electrons. The molecule has 0 unspecified atom stereocenters. The van der Waals surface area contributed by atoms with Gasteiger partial charge in [0.1, 0.15) is 11.2 Å². The molecular formula is C48H31NO. The molecule has 0 atom stereocenters. The lowest BCUT2D eigenvalue weighted by Gasteiger charge is -2.28. The highest BCUT2D eigenvalue weighted by Gasteiger charge is 2.22. The first-order valence-electron chi connectivity index (χ1n) is 17.1. The van der Waals surface area contributed by atoms with E-state index < -0.39 is 0 Å². The molecule has 10 aromatic rings. The van der Waals surface area contributed by atoms with E-state index >= 15 is 0 Å². The summed E-state index contributed by atoms with van der Waals surface area (Å²) in [6.45, 7) is 0. The lowest BCUT2D eigenvalue weighted by molar-refractivity contribution is 0.672. The Morgan fingerprint density at radius 2 is 0.940 bits per heavy atom. The Balaban J connectivity index is 1.28. The Kier molecular flexibility index (Phi) is 6.53. The number of hydrogen-bond acceptors (Lipinski definition) is 2. The molecule has 0 spiro atoms. The van der Waals surface area contributed by atoms with Crippen molar-refractivity contribution < 1.29 is 4.42 Å². The van der Waals surface area contributed by atoms with Gasteiger partial charge in [0.05, 0.1) is 11.1 Å². The smallest absolute Gasteiger partial charge is 0.143 e. The van der Waals surface area contributed by atoms with E-state index in [1.807, 2.05) is 0 Å². The fourth-order valence-corrected chi connectivity index (χ4v) is 7.68. The van der Waals surface area contributed by atoms with Gasteiger partial charge in [0.25, 0.3) is 0 Å². The van der Waals surface area contributed by atoms with E-state index in [1.165, 1.54) is 49.2 Å². The monoisotopic (exact) mass is 637 g/mol. The van der Waals surface area contributed by atoms with Gasteiger partial charge >= 0.3 is 0 Å². The summed E-state index contributed by atoms with van der Waals surface area (Å²) in [4.78, 5) is 2.41. The van der Waals surface area contributed by atoms with Crippen molar-refractivity contribution in [1.82, 2.24) is 0 Å². The van der Waals surface area contributed by atoms with Crippen LogP contribution < -0.4 is 4.90 Å². The van der Waals surface area contributed by atoms with E-state index in [1.54, 1.807) is 0 Å². The molecule has 0 saturated heterocycles. The van der Waals surface area contributed by atoms with Crippen LogP contribution in [-0.4, -0.2) is 0 Å². The van der Waals surface area contributed by atoms with Gasteiger partial charge in [-0.25, -0.2) is 0 Å².